The van der Waals surface area contributed by atoms with Crippen molar-refractivity contribution in [1.29, 1.82) is 0 Å². The van der Waals surface area contributed by atoms with Gasteiger partial charge in [-0.05, 0) is 30.3 Å². The third kappa shape index (κ3) is 2.47. The fraction of sp³-hybridized carbons (Fsp3) is 0.133. The molecule has 23 heavy (non-hydrogen) atoms. The molecule has 0 aromatic heterocycles. The van der Waals surface area contributed by atoms with Gasteiger partial charge in [-0.2, -0.15) is 0 Å². The number of fused-ring (bicyclic) bond motifs is 2. The van der Waals surface area contributed by atoms with Crippen LogP contribution in [-0.2, 0) is 14.8 Å². The van der Waals surface area contributed by atoms with Gasteiger partial charge in [-0.3, -0.25) is 14.0 Å². The number of halogens is 2. The van der Waals surface area contributed by atoms with Gasteiger partial charge in [0.2, 0.25) is 5.91 Å². The topological polar surface area (TPSA) is 57.7 Å². The van der Waals surface area contributed by atoms with Gasteiger partial charge in [-0.25, -0.2) is 8.42 Å². The number of anilines is 3. The highest BCUT2D eigenvalue weighted by Crippen LogP contribution is 2.44. The average molecular weight is 371 g/mol. The third-order valence-corrected chi connectivity index (χ3v) is 5.91. The van der Waals surface area contributed by atoms with Crippen LogP contribution in [-0.4, -0.2) is 27.3 Å². The predicted octanol–water partition coefficient (Wildman–Crippen LogP) is 3.38. The Morgan fingerprint density at radius 1 is 1.09 bits per heavy atom. The number of alkyl halides is 1. The Labute approximate surface area is 144 Å². The van der Waals surface area contributed by atoms with Gasteiger partial charge >= 0.3 is 0 Å². The summed E-state index contributed by atoms with van der Waals surface area (Å²) in [6.07, 6.45) is 0. The normalized spacial score (nSPS) is 15.6. The summed E-state index contributed by atoms with van der Waals surface area (Å²) in [5.41, 5.74) is 1.02. The summed E-state index contributed by atoms with van der Waals surface area (Å²) in [5, 5.41) is 0.327. The molecule has 1 amide bonds. The molecule has 3 rings (SSSR count). The van der Waals surface area contributed by atoms with Crippen molar-refractivity contribution in [2.24, 2.45) is 0 Å². The lowest BCUT2D eigenvalue weighted by Crippen LogP contribution is -2.27. The molecule has 0 bridgehead atoms. The van der Waals surface area contributed by atoms with E-state index in [0.29, 0.717) is 16.4 Å². The van der Waals surface area contributed by atoms with Crippen molar-refractivity contribution in [2.75, 3.05) is 22.1 Å². The monoisotopic (exact) mass is 370 g/mol. The fourth-order valence-corrected chi connectivity index (χ4v) is 4.19. The van der Waals surface area contributed by atoms with E-state index in [1.54, 1.807) is 24.3 Å². The van der Waals surface area contributed by atoms with Gasteiger partial charge in [0.05, 0.1) is 17.1 Å². The Kier molecular flexibility index (Phi) is 4.00. The molecule has 0 saturated heterocycles. The lowest BCUT2D eigenvalue weighted by Gasteiger charge is -2.23. The molecule has 120 valence electrons. The first-order chi connectivity index (χ1) is 10.9. The summed E-state index contributed by atoms with van der Waals surface area (Å²) in [6.45, 7) is 0. The number of carbonyl (C=O) groups is 1. The molecule has 0 radical (unpaired) electrons. The van der Waals surface area contributed by atoms with Crippen LogP contribution in [0.5, 0.6) is 0 Å². The Hall–Kier alpha value is -1.76. The number of hydrogen-bond donors (Lipinski definition) is 0. The molecule has 0 spiro atoms. The highest BCUT2D eigenvalue weighted by atomic mass is 35.5. The first kappa shape index (κ1) is 16.1. The largest absolute Gasteiger partial charge is 0.276 e. The molecule has 1 heterocycles. The van der Waals surface area contributed by atoms with E-state index in [1.807, 2.05) is 0 Å². The zero-order valence-corrected chi connectivity index (χ0v) is 14.4. The second-order valence-electron chi connectivity index (χ2n) is 4.94. The minimum absolute atomic E-state index is 0.000864. The van der Waals surface area contributed by atoms with E-state index >= 15 is 0 Å². The van der Waals surface area contributed by atoms with Crippen LogP contribution in [0.3, 0.4) is 0 Å². The molecule has 1 aliphatic rings. The summed E-state index contributed by atoms with van der Waals surface area (Å²) in [7, 11) is -2.38. The van der Waals surface area contributed by atoms with Gasteiger partial charge in [0.1, 0.15) is 10.8 Å². The van der Waals surface area contributed by atoms with Crippen LogP contribution >= 0.6 is 23.2 Å². The molecule has 2 aromatic carbocycles. The van der Waals surface area contributed by atoms with Crippen molar-refractivity contribution < 1.29 is 13.2 Å². The molecular formula is C15H12Cl2N2O3S. The standard InChI is InChI=1S/C15H12Cl2N2O3S/c1-18-11-4-2-3-5-12(11)19(15(20)9-16)13-8-10(17)6-7-14(13)23(18,21)22/h2-8H,9H2,1H3. The van der Waals surface area contributed by atoms with Crippen LogP contribution in [0.2, 0.25) is 5.02 Å². The number of rotatable bonds is 1. The smallest absolute Gasteiger partial charge is 0.266 e. The van der Waals surface area contributed by atoms with Crippen molar-refractivity contribution in [3.63, 3.8) is 0 Å². The second-order valence-corrected chi connectivity index (χ2v) is 7.58. The van der Waals surface area contributed by atoms with Crippen LogP contribution in [0.1, 0.15) is 0 Å². The number of hydrogen-bond acceptors (Lipinski definition) is 3. The number of carbonyl (C=O) groups excluding carboxylic acids is 1. The summed E-state index contributed by atoms with van der Waals surface area (Å²) in [6, 6.07) is 11.1. The van der Waals surface area contributed by atoms with Crippen LogP contribution < -0.4 is 9.21 Å². The van der Waals surface area contributed by atoms with E-state index in [1.165, 1.54) is 30.1 Å². The number of amides is 1. The van der Waals surface area contributed by atoms with Gasteiger partial charge in [-0.1, -0.05) is 23.7 Å². The van der Waals surface area contributed by atoms with Gasteiger partial charge in [0.25, 0.3) is 10.0 Å². The van der Waals surface area contributed by atoms with E-state index in [4.69, 9.17) is 23.2 Å². The van der Waals surface area contributed by atoms with E-state index in [0.717, 1.165) is 4.31 Å². The minimum Gasteiger partial charge on any atom is -0.276 e. The Balaban J connectivity index is 2.45. The van der Waals surface area contributed by atoms with E-state index in [2.05, 4.69) is 0 Å². The van der Waals surface area contributed by atoms with Crippen LogP contribution in [0.4, 0.5) is 17.1 Å². The molecule has 0 N–H and O–H groups in total. The van der Waals surface area contributed by atoms with Gasteiger partial charge in [0, 0.05) is 12.1 Å². The van der Waals surface area contributed by atoms with Crippen LogP contribution in [0.25, 0.3) is 0 Å². The molecule has 2 aromatic rings. The molecule has 0 atom stereocenters. The van der Waals surface area contributed by atoms with Crippen molar-refractivity contribution in [2.45, 2.75) is 4.90 Å². The highest BCUT2D eigenvalue weighted by Gasteiger charge is 2.35. The zero-order chi connectivity index (χ0) is 16.8. The lowest BCUT2D eigenvalue weighted by molar-refractivity contribution is -0.115. The van der Waals surface area contributed by atoms with Gasteiger partial charge < -0.3 is 0 Å². The Morgan fingerprint density at radius 2 is 1.74 bits per heavy atom. The quantitative estimate of drug-likeness (QED) is 0.723. The predicted molar refractivity (Wildman–Crippen MR) is 91.3 cm³/mol. The maximum Gasteiger partial charge on any atom is 0.266 e. The SMILES string of the molecule is CN1c2ccccc2N(C(=O)CCl)c2cc(Cl)ccc2S1(=O)=O. The maximum atomic E-state index is 12.9. The molecule has 0 unspecified atom stereocenters. The van der Waals surface area contributed by atoms with Crippen LogP contribution in [0.15, 0.2) is 47.4 Å². The third-order valence-electron chi connectivity index (χ3n) is 3.63. The summed E-state index contributed by atoms with van der Waals surface area (Å²) in [5.74, 6) is -0.725. The lowest BCUT2D eigenvalue weighted by atomic mass is 10.2. The van der Waals surface area contributed by atoms with Crippen molar-refractivity contribution in [1.82, 2.24) is 0 Å². The van der Waals surface area contributed by atoms with E-state index < -0.39 is 15.9 Å². The Morgan fingerprint density at radius 3 is 2.39 bits per heavy atom. The molecule has 0 aliphatic carbocycles. The minimum atomic E-state index is -3.82. The average Bonchev–Trinajstić information content (AvgIpc) is 2.60. The second kappa shape index (κ2) is 5.70. The molecular weight excluding hydrogens is 359 g/mol. The molecule has 1 aliphatic heterocycles. The maximum absolute atomic E-state index is 12.9. The summed E-state index contributed by atoms with van der Waals surface area (Å²) < 4.78 is 26.9. The number of nitrogens with zero attached hydrogens (tertiary/aromatic N) is 2. The first-order valence-corrected chi connectivity index (χ1v) is 8.99. The highest BCUT2D eigenvalue weighted by molar-refractivity contribution is 7.93. The molecule has 0 saturated carbocycles. The zero-order valence-electron chi connectivity index (χ0n) is 12.0. The molecule has 0 fully saturated rings. The molecule has 5 nitrogen and oxygen atoms in total. The summed E-state index contributed by atoms with van der Waals surface area (Å²) in [4.78, 5) is 13.7. The van der Waals surface area contributed by atoms with Crippen molar-refractivity contribution in [3.05, 3.63) is 47.5 Å². The first-order valence-electron chi connectivity index (χ1n) is 6.64. The number of sulfonamides is 1. The Bertz CT molecular complexity index is 899. The van der Waals surface area contributed by atoms with E-state index in [-0.39, 0.29) is 16.5 Å². The van der Waals surface area contributed by atoms with Crippen LogP contribution in [0, 0.1) is 0 Å². The summed E-state index contributed by atoms with van der Waals surface area (Å²) >= 11 is 11.8. The van der Waals surface area contributed by atoms with Gasteiger partial charge in [-0.15, -0.1) is 11.6 Å². The number of para-hydroxylation sites is 2. The van der Waals surface area contributed by atoms with Crippen molar-refractivity contribution >= 4 is 56.2 Å². The van der Waals surface area contributed by atoms with Gasteiger partial charge in [0.15, 0.2) is 0 Å². The molecule has 8 heteroatoms. The number of benzene rings is 2. The van der Waals surface area contributed by atoms with Crippen molar-refractivity contribution in [3.8, 4) is 0 Å². The fourth-order valence-electron chi connectivity index (χ4n) is 2.54. The van der Waals surface area contributed by atoms with E-state index in [9.17, 15) is 13.2 Å².